The molecular formula is C16H28N2O3. The van der Waals surface area contributed by atoms with E-state index in [1.165, 1.54) is 12.8 Å². The Hall–Kier alpha value is -1.10. The van der Waals surface area contributed by atoms with Gasteiger partial charge < -0.3 is 16.2 Å². The van der Waals surface area contributed by atoms with E-state index in [-0.39, 0.29) is 18.2 Å². The number of aliphatic carboxylic acids is 1. The number of nitrogens with one attached hydrogen (secondary N) is 1. The Morgan fingerprint density at radius 1 is 1.10 bits per heavy atom. The Morgan fingerprint density at radius 2 is 1.67 bits per heavy atom. The van der Waals surface area contributed by atoms with Crippen LogP contribution in [0.4, 0.5) is 0 Å². The van der Waals surface area contributed by atoms with Gasteiger partial charge in [0.15, 0.2) is 0 Å². The molecule has 0 aromatic carbocycles. The van der Waals surface area contributed by atoms with Gasteiger partial charge in [0.2, 0.25) is 5.91 Å². The van der Waals surface area contributed by atoms with Gasteiger partial charge in [0, 0.05) is 12.0 Å². The molecule has 120 valence electrons. The molecule has 0 saturated heterocycles. The third-order valence-corrected chi connectivity index (χ3v) is 5.07. The molecule has 1 unspecified atom stereocenters. The Kier molecular flexibility index (Phi) is 5.62. The van der Waals surface area contributed by atoms with Crippen LogP contribution < -0.4 is 11.1 Å². The molecule has 1 atom stereocenters. The van der Waals surface area contributed by atoms with Crippen molar-refractivity contribution >= 4 is 11.9 Å². The van der Waals surface area contributed by atoms with Crippen molar-refractivity contribution in [1.29, 1.82) is 0 Å². The van der Waals surface area contributed by atoms with Gasteiger partial charge in [-0.25, -0.2) is 4.79 Å². The maximum Gasteiger partial charge on any atom is 0.326 e. The van der Waals surface area contributed by atoms with Crippen molar-refractivity contribution in [2.24, 2.45) is 11.7 Å². The SMILES string of the molecule is NC1(CC(=O)NC(C(=O)O)C2CCCCC2)CCCCC1. The fourth-order valence-electron chi connectivity index (χ4n) is 3.83. The first kappa shape index (κ1) is 16.3. The second kappa shape index (κ2) is 7.25. The zero-order valence-electron chi connectivity index (χ0n) is 12.8. The average Bonchev–Trinajstić information content (AvgIpc) is 2.45. The van der Waals surface area contributed by atoms with Crippen LogP contribution in [0.1, 0.15) is 70.6 Å². The highest BCUT2D eigenvalue weighted by atomic mass is 16.4. The highest BCUT2D eigenvalue weighted by Gasteiger charge is 2.34. The van der Waals surface area contributed by atoms with Crippen molar-refractivity contribution in [2.75, 3.05) is 0 Å². The molecule has 1 amide bonds. The lowest BCUT2D eigenvalue weighted by atomic mass is 9.79. The van der Waals surface area contributed by atoms with E-state index in [4.69, 9.17) is 5.73 Å². The van der Waals surface area contributed by atoms with Gasteiger partial charge in [-0.05, 0) is 31.6 Å². The second-order valence-corrected chi connectivity index (χ2v) is 6.88. The summed E-state index contributed by atoms with van der Waals surface area (Å²) in [6, 6.07) is -0.745. The highest BCUT2D eigenvalue weighted by molar-refractivity contribution is 5.84. The van der Waals surface area contributed by atoms with E-state index < -0.39 is 17.6 Å². The maximum atomic E-state index is 12.2. The molecule has 0 heterocycles. The van der Waals surface area contributed by atoms with Gasteiger partial charge in [0.25, 0.3) is 0 Å². The number of carbonyl (C=O) groups excluding carboxylic acids is 1. The van der Waals surface area contributed by atoms with Crippen molar-refractivity contribution in [3.05, 3.63) is 0 Å². The Bertz CT molecular complexity index is 372. The molecule has 0 bridgehead atoms. The van der Waals surface area contributed by atoms with Gasteiger partial charge in [-0.1, -0.05) is 38.5 Å². The van der Waals surface area contributed by atoms with Crippen molar-refractivity contribution in [1.82, 2.24) is 5.32 Å². The van der Waals surface area contributed by atoms with Crippen molar-refractivity contribution < 1.29 is 14.7 Å². The molecule has 0 aromatic rings. The maximum absolute atomic E-state index is 12.2. The number of hydrogen-bond acceptors (Lipinski definition) is 3. The lowest BCUT2D eigenvalue weighted by molar-refractivity contribution is -0.144. The van der Waals surface area contributed by atoms with Crippen LogP contribution in [0.5, 0.6) is 0 Å². The summed E-state index contributed by atoms with van der Waals surface area (Å²) in [7, 11) is 0. The molecule has 2 aliphatic carbocycles. The van der Waals surface area contributed by atoms with Crippen LogP contribution in [0.25, 0.3) is 0 Å². The molecule has 0 aromatic heterocycles. The van der Waals surface area contributed by atoms with Crippen LogP contribution in [-0.2, 0) is 9.59 Å². The minimum absolute atomic E-state index is 0.0697. The normalized spacial score (nSPS) is 24.2. The third-order valence-electron chi connectivity index (χ3n) is 5.07. The molecule has 0 radical (unpaired) electrons. The van der Waals surface area contributed by atoms with Crippen LogP contribution in [-0.4, -0.2) is 28.6 Å². The first-order valence-corrected chi connectivity index (χ1v) is 8.31. The molecule has 2 rings (SSSR count). The summed E-state index contributed by atoms with van der Waals surface area (Å²) >= 11 is 0. The predicted molar refractivity (Wildman–Crippen MR) is 80.8 cm³/mol. The highest BCUT2D eigenvalue weighted by Crippen LogP contribution is 2.30. The minimum Gasteiger partial charge on any atom is -0.480 e. The Balaban J connectivity index is 1.90. The molecule has 2 fully saturated rings. The number of amides is 1. The molecule has 0 spiro atoms. The largest absolute Gasteiger partial charge is 0.480 e. The molecule has 5 nitrogen and oxygen atoms in total. The van der Waals surface area contributed by atoms with E-state index in [9.17, 15) is 14.7 Å². The van der Waals surface area contributed by atoms with E-state index in [0.29, 0.717) is 0 Å². The summed E-state index contributed by atoms with van der Waals surface area (Å²) in [6.45, 7) is 0. The van der Waals surface area contributed by atoms with Crippen molar-refractivity contribution in [3.8, 4) is 0 Å². The number of nitrogens with two attached hydrogens (primary N) is 1. The quantitative estimate of drug-likeness (QED) is 0.725. The lowest BCUT2D eigenvalue weighted by Gasteiger charge is -2.34. The van der Waals surface area contributed by atoms with E-state index in [0.717, 1.165) is 51.4 Å². The van der Waals surface area contributed by atoms with Crippen LogP contribution >= 0.6 is 0 Å². The first-order chi connectivity index (χ1) is 10.0. The van der Waals surface area contributed by atoms with Crippen molar-refractivity contribution in [3.63, 3.8) is 0 Å². The molecule has 2 aliphatic rings. The summed E-state index contributed by atoms with van der Waals surface area (Å²) in [6.07, 6.45) is 10.4. The predicted octanol–water partition coefficient (Wildman–Crippen LogP) is 2.19. The minimum atomic E-state index is -0.912. The van der Waals surface area contributed by atoms with Crippen molar-refractivity contribution in [2.45, 2.75) is 82.2 Å². The smallest absolute Gasteiger partial charge is 0.326 e. The molecule has 0 aliphatic heterocycles. The van der Waals surface area contributed by atoms with Gasteiger partial charge in [-0.2, -0.15) is 0 Å². The fraction of sp³-hybridized carbons (Fsp3) is 0.875. The van der Waals surface area contributed by atoms with Gasteiger partial charge in [-0.15, -0.1) is 0 Å². The number of hydrogen-bond donors (Lipinski definition) is 3. The van der Waals surface area contributed by atoms with Crippen LogP contribution in [0.2, 0.25) is 0 Å². The van der Waals surface area contributed by atoms with E-state index in [1.807, 2.05) is 0 Å². The van der Waals surface area contributed by atoms with Crippen LogP contribution in [0, 0.1) is 5.92 Å². The fourth-order valence-corrected chi connectivity index (χ4v) is 3.83. The van der Waals surface area contributed by atoms with E-state index in [1.54, 1.807) is 0 Å². The van der Waals surface area contributed by atoms with Gasteiger partial charge in [-0.3, -0.25) is 4.79 Å². The summed E-state index contributed by atoms with van der Waals surface area (Å²) in [5.74, 6) is -1.04. The molecule has 2 saturated carbocycles. The summed E-state index contributed by atoms with van der Waals surface area (Å²) in [5, 5.41) is 12.1. The average molecular weight is 296 g/mol. The number of carbonyl (C=O) groups is 2. The van der Waals surface area contributed by atoms with E-state index >= 15 is 0 Å². The van der Waals surface area contributed by atoms with Gasteiger partial charge in [0.1, 0.15) is 6.04 Å². The number of carboxylic acids is 1. The molecular weight excluding hydrogens is 268 g/mol. The Labute approximate surface area is 126 Å². The molecule has 21 heavy (non-hydrogen) atoms. The van der Waals surface area contributed by atoms with E-state index in [2.05, 4.69) is 5.32 Å². The summed E-state index contributed by atoms with van der Waals surface area (Å²) in [4.78, 5) is 23.7. The third kappa shape index (κ3) is 4.70. The van der Waals surface area contributed by atoms with Gasteiger partial charge in [0.05, 0.1) is 0 Å². The molecule has 4 N–H and O–H groups in total. The second-order valence-electron chi connectivity index (χ2n) is 6.88. The number of rotatable bonds is 5. The van der Waals surface area contributed by atoms with Crippen LogP contribution in [0.3, 0.4) is 0 Å². The lowest BCUT2D eigenvalue weighted by Crippen LogP contribution is -2.51. The summed E-state index contributed by atoms with van der Waals surface area (Å²) in [5.41, 5.74) is 5.85. The monoisotopic (exact) mass is 296 g/mol. The Morgan fingerprint density at radius 3 is 2.24 bits per heavy atom. The number of carboxylic acid groups (broad SMARTS) is 1. The summed E-state index contributed by atoms with van der Waals surface area (Å²) < 4.78 is 0. The standard InChI is InChI=1S/C16H28N2O3/c17-16(9-5-2-6-10-16)11-13(19)18-14(15(20)21)12-7-3-1-4-8-12/h12,14H,1-11,17H2,(H,18,19)(H,20,21). The topological polar surface area (TPSA) is 92.4 Å². The zero-order valence-corrected chi connectivity index (χ0v) is 12.8. The van der Waals surface area contributed by atoms with Crippen LogP contribution in [0.15, 0.2) is 0 Å². The molecule has 5 heteroatoms. The first-order valence-electron chi connectivity index (χ1n) is 8.31. The van der Waals surface area contributed by atoms with Gasteiger partial charge >= 0.3 is 5.97 Å². The zero-order chi connectivity index (χ0) is 15.3.